The molecule has 1 fully saturated rings. The van der Waals surface area contributed by atoms with Gasteiger partial charge in [0, 0.05) is 50.4 Å². The molecule has 1 amide bonds. The van der Waals surface area contributed by atoms with Crippen molar-refractivity contribution in [2.45, 2.75) is 11.4 Å². The Balaban J connectivity index is 1.59. The van der Waals surface area contributed by atoms with Crippen LogP contribution in [0.5, 0.6) is 0 Å². The van der Waals surface area contributed by atoms with Gasteiger partial charge in [-0.3, -0.25) is 4.79 Å². The van der Waals surface area contributed by atoms with E-state index in [2.05, 4.69) is 15.2 Å². The summed E-state index contributed by atoms with van der Waals surface area (Å²) in [6.45, 7) is 4.34. The van der Waals surface area contributed by atoms with Gasteiger partial charge < -0.3 is 15.1 Å². The van der Waals surface area contributed by atoms with Crippen molar-refractivity contribution < 1.29 is 9.00 Å². The summed E-state index contributed by atoms with van der Waals surface area (Å²) in [6, 6.07) is 11.2. The minimum atomic E-state index is -1.64. The van der Waals surface area contributed by atoms with Crippen LogP contribution in [0.3, 0.4) is 0 Å². The highest BCUT2D eigenvalue weighted by atomic mass is 35.7. The molecule has 4 rings (SSSR count). The average Bonchev–Trinajstić information content (AvgIpc) is 3.11. The lowest BCUT2D eigenvalue weighted by Crippen LogP contribution is -2.43. The number of piperazine rings is 1. The third-order valence-corrected chi connectivity index (χ3v) is 5.80. The largest absolute Gasteiger partial charge is 0.369 e. The predicted octanol–water partition coefficient (Wildman–Crippen LogP) is 1.96. The number of rotatable bonds is 3. The standard InChI is InChI=1S/C18H19ClN4O2S/c19-26(25)17-5-4-16-15(21-17)6-9-23(16)18(24)13-2-1-3-14(12-13)22-10-7-20-8-11-22/h1-5,12,20H,6-11H2. The third-order valence-electron chi connectivity index (χ3n) is 4.77. The van der Waals surface area contributed by atoms with Crippen LogP contribution < -0.4 is 15.1 Å². The molecule has 2 aliphatic heterocycles. The van der Waals surface area contributed by atoms with Crippen LogP contribution in [0.1, 0.15) is 16.1 Å². The zero-order valence-corrected chi connectivity index (χ0v) is 15.7. The lowest BCUT2D eigenvalue weighted by atomic mass is 10.1. The van der Waals surface area contributed by atoms with E-state index in [0.717, 1.165) is 43.2 Å². The fraction of sp³-hybridized carbons (Fsp3) is 0.333. The second kappa shape index (κ2) is 7.34. The molecule has 1 aromatic carbocycles. The van der Waals surface area contributed by atoms with Gasteiger partial charge in [0.15, 0.2) is 10.0 Å². The Labute approximate surface area is 159 Å². The first-order valence-electron chi connectivity index (χ1n) is 8.59. The molecule has 0 saturated carbocycles. The number of hydrogen-bond acceptors (Lipinski definition) is 5. The summed E-state index contributed by atoms with van der Waals surface area (Å²) >= 11 is 0. The molecule has 0 bridgehead atoms. The van der Waals surface area contributed by atoms with Gasteiger partial charge in [0.2, 0.25) is 0 Å². The first kappa shape index (κ1) is 17.5. The zero-order chi connectivity index (χ0) is 18.1. The van der Waals surface area contributed by atoms with Crippen molar-refractivity contribution in [3.63, 3.8) is 0 Å². The minimum absolute atomic E-state index is 0.0396. The Kier molecular flexibility index (Phi) is 4.93. The predicted molar refractivity (Wildman–Crippen MR) is 103 cm³/mol. The number of carbonyl (C=O) groups excluding carboxylic acids is 1. The summed E-state index contributed by atoms with van der Waals surface area (Å²) in [7, 11) is 3.97. The molecule has 1 N–H and O–H groups in total. The number of pyridine rings is 1. The van der Waals surface area contributed by atoms with Gasteiger partial charge in [0.25, 0.3) is 5.91 Å². The summed E-state index contributed by atoms with van der Waals surface area (Å²) in [6.07, 6.45) is 0.639. The number of aromatic nitrogens is 1. The van der Waals surface area contributed by atoms with E-state index in [1.54, 1.807) is 17.0 Å². The van der Waals surface area contributed by atoms with E-state index < -0.39 is 10.0 Å². The number of nitrogens with one attached hydrogen (secondary N) is 1. The number of fused-ring (bicyclic) bond motifs is 1. The normalized spacial score (nSPS) is 17.9. The Hall–Kier alpha value is -1.96. The maximum absolute atomic E-state index is 13.0. The van der Waals surface area contributed by atoms with E-state index >= 15 is 0 Å². The number of halogens is 1. The van der Waals surface area contributed by atoms with E-state index in [0.29, 0.717) is 23.6 Å². The molecule has 3 heterocycles. The smallest absolute Gasteiger partial charge is 0.258 e. The van der Waals surface area contributed by atoms with Crippen molar-refractivity contribution in [3.8, 4) is 0 Å². The lowest BCUT2D eigenvalue weighted by Gasteiger charge is -2.29. The highest BCUT2D eigenvalue weighted by Crippen LogP contribution is 2.30. The SMILES string of the molecule is O=C(c1cccc(N2CCNCC2)c1)N1CCc2nc(S(=O)Cl)ccc21. The van der Waals surface area contributed by atoms with Gasteiger partial charge in [0.1, 0.15) is 5.03 Å². The first-order valence-corrected chi connectivity index (χ1v) is 10.6. The van der Waals surface area contributed by atoms with E-state index in [1.165, 1.54) is 0 Å². The number of anilines is 2. The van der Waals surface area contributed by atoms with Crippen LogP contribution in [0, 0.1) is 0 Å². The molecule has 0 radical (unpaired) electrons. The van der Waals surface area contributed by atoms with E-state index in [1.807, 2.05) is 24.3 Å². The molecule has 2 aromatic rings. The zero-order valence-electron chi connectivity index (χ0n) is 14.2. The van der Waals surface area contributed by atoms with Crippen LogP contribution in [0.25, 0.3) is 0 Å². The first-order chi connectivity index (χ1) is 12.6. The minimum Gasteiger partial charge on any atom is -0.369 e. The Morgan fingerprint density at radius 3 is 2.73 bits per heavy atom. The average molecular weight is 391 g/mol. The number of benzene rings is 1. The second-order valence-electron chi connectivity index (χ2n) is 6.33. The van der Waals surface area contributed by atoms with Crippen LogP contribution in [0.15, 0.2) is 41.4 Å². The molecule has 0 spiro atoms. The van der Waals surface area contributed by atoms with E-state index in [9.17, 15) is 9.00 Å². The maximum atomic E-state index is 13.0. The maximum Gasteiger partial charge on any atom is 0.258 e. The summed E-state index contributed by atoms with van der Waals surface area (Å²) in [5.41, 5.74) is 3.28. The Morgan fingerprint density at radius 1 is 1.15 bits per heavy atom. The van der Waals surface area contributed by atoms with Gasteiger partial charge in [-0.05, 0) is 41.0 Å². The molecule has 1 unspecified atom stereocenters. The molecule has 136 valence electrons. The summed E-state index contributed by atoms with van der Waals surface area (Å²) in [5, 5.41) is 3.67. The molecular weight excluding hydrogens is 372 g/mol. The highest BCUT2D eigenvalue weighted by Gasteiger charge is 2.27. The van der Waals surface area contributed by atoms with Crippen molar-refractivity contribution in [3.05, 3.63) is 47.7 Å². The van der Waals surface area contributed by atoms with Crippen LogP contribution >= 0.6 is 10.7 Å². The lowest BCUT2D eigenvalue weighted by molar-refractivity contribution is 0.0989. The number of carbonyl (C=O) groups is 1. The molecule has 0 aliphatic carbocycles. The summed E-state index contributed by atoms with van der Waals surface area (Å²) < 4.78 is 11.4. The quantitative estimate of drug-likeness (QED) is 0.811. The molecule has 6 nitrogen and oxygen atoms in total. The second-order valence-corrected chi connectivity index (χ2v) is 8.04. The van der Waals surface area contributed by atoms with Crippen LogP contribution in [-0.4, -0.2) is 47.8 Å². The van der Waals surface area contributed by atoms with E-state index in [4.69, 9.17) is 10.7 Å². The topological polar surface area (TPSA) is 65.5 Å². The fourth-order valence-corrected chi connectivity index (χ4v) is 4.07. The van der Waals surface area contributed by atoms with Gasteiger partial charge >= 0.3 is 0 Å². The van der Waals surface area contributed by atoms with Crippen molar-refractivity contribution in [1.82, 2.24) is 10.3 Å². The number of hydrogen-bond donors (Lipinski definition) is 1. The van der Waals surface area contributed by atoms with Crippen molar-refractivity contribution in [2.24, 2.45) is 0 Å². The fourth-order valence-electron chi connectivity index (χ4n) is 3.46. The van der Waals surface area contributed by atoms with Gasteiger partial charge in [-0.1, -0.05) is 6.07 Å². The van der Waals surface area contributed by atoms with Crippen molar-refractivity contribution >= 4 is 38.0 Å². The van der Waals surface area contributed by atoms with Crippen LogP contribution in [-0.2, 0) is 16.4 Å². The van der Waals surface area contributed by atoms with Crippen molar-refractivity contribution in [2.75, 3.05) is 42.5 Å². The Morgan fingerprint density at radius 2 is 1.96 bits per heavy atom. The van der Waals surface area contributed by atoms with E-state index in [-0.39, 0.29) is 5.91 Å². The summed E-state index contributed by atoms with van der Waals surface area (Å²) in [5.74, 6) is -0.0396. The van der Waals surface area contributed by atoms with Gasteiger partial charge in [-0.2, -0.15) is 0 Å². The van der Waals surface area contributed by atoms with Gasteiger partial charge in [-0.15, -0.1) is 0 Å². The highest BCUT2D eigenvalue weighted by molar-refractivity contribution is 8.08. The van der Waals surface area contributed by atoms with Gasteiger partial charge in [0.05, 0.1) is 11.4 Å². The number of nitrogens with zero attached hydrogens (tertiary/aromatic N) is 3. The third kappa shape index (κ3) is 3.34. The van der Waals surface area contributed by atoms with Crippen LogP contribution in [0.2, 0.25) is 0 Å². The molecule has 1 saturated heterocycles. The number of amides is 1. The molecule has 8 heteroatoms. The van der Waals surface area contributed by atoms with Crippen molar-refractivity contribution in [1.29, 1.82) is 0 Å². The molecule has 2 aliphatic rings. The van der Waals surface area contributed by atoms with Crippen LogP contribution in [0.4, 0.5) is 11.4 Å². The summed E-state index contributed by atoms with van der Waals surface area (Å²) in [4.78, 5) is 21.4. The molecular formula is C18H19ClN4O2S. The monoisotopic (exact) mass is 390 g/mol. The molecule has 1 atom stereocenters. The molecule has 1 aromatic heterocycles. The Bertz CT molecular complexity index is 870. The molecule has 26 heavy (non-hydrogen) atoms. The van der Waals surface area contributed by atoms with Gasteiger partial charge in [-0.25, -0.2) is 9.19 Å².